The van der Waals surface area contributed by atoms with E-state index >= 15 is 0 Å². The van der Waals surface area contributed by atoms with Crippen LogP contribution in [0.25, 0.3) is 22.3 Å². The van der Waals surface area contributed by atoms with Crippen molar-refractivity contribution in [1.29, 1.82) is 0 Å². The topological polar surface area (TPSA) is 91.3 Å². The molecule has 7 heteroatoms. The minimum Gasteiger partial charge on any atom is -0.462 e. The van der Waals surface area contributed by atoms with Crippen molar-refractivity contribution in [3.05, 3.63) is 47.9 Å². The molecule has 0 fully saturated rings. The fourth-order valence-corrected chi connectivity index (χ4v) is 2.66. The van der Waals surface area contributed by atoms with Crippen LogP contribution >= 0.6 is 0 Å². The summed E-state index contributed by atoms with van der Waals surface area (Å²) >= 11 is 0. The molecule has 0 bridgehead atoms. The van der Waals surface area contributed by atoms with Crippen LogP contribution in [0.15, 0.2) is 36.8 Å². The van der Waals surface area contributed by atoms with Crippen molar-refractivity contribution in [2.45, 2.75) is 13.2 Å². The second kappa shape index (κ2) is 7.00. The molecule has 0 spiro atoms. The van der Waals surface area contributed by atoms with Gasteiger partial charge in [-0.3, -0.25) is 4.90 Å². The van der Waals surface area contributed by atoms with Crippen molar-refractivity contribution < 1.29 is 14.6 Å². The molecule has 1 atom stereocenters. The summed E-state index contributed by atoms with van der Waals surface area (Å²) in [5.74, 6) is -0.413. The van der Waals surface area contributed by atoms with Gasteiger partial charge in [0.2, 0.25) is 0 Å². The number of aliphatic hydroxyl groups excluding tert-OH is 1. The third kappa shape index (κ3) is 3.24. The van der Waals surface area contributed by atoms with Gasteiger partial charge in [-0.2, -0.15) is 0 Å². The lowest BCUT2D eigenvalue weighted by atomic mass is 10.0. The van der Waals surface area contributed by atoms with Crippen molar-refractivity contribution >= 4 is 17.0 Å². The first-order chi connectivity index (χ1) is 12.0. The quantitative estimate of drug-likeness (QED) is 0.547. The zero-order valence-electron chi connectivity index (χ0n) is 14.4. The van der Waals surface area contributed by atoms with Gasteiger partial charge in [-0.15, -0.1) is 0 Å². The van der Waals surface area contributed by atoms with E-state index in [1.807, 2.05) is 24.3 Å². The molecular weight excluding hydrogens is 320 g/mol. The number of H-pyrrole nitrogens is 1. The van der Waals surface area contributed by atoms with E-state index < -0.39 is 12.2 Å². The van der Waals surface area contributed by atoms with Gasteiger partial charge in [0, 0.05) is 11.8 Å². The number of nitrogens with zero attached hydrogens (tertiary/aromatic N) is 3. The molecule has 130 valence electrons. The third-order valence-electron chi connectivity index (χ3n) is 3.94. The molecule has 7 nitrogen and oxygen atoms in total. The Kier molecular flexibility index (Phi) is 4.78. The van der Waals surface area contributed by atoms with Crippen LogP contribution in [0.2, 0.25) is 0 Å². The summed E-state index contributed by atoms with van der Waals surface area (Å²) in [6, 6.07) is 7.41. The number of esters is 1. The minimum atomic E-state index is -0.679. The van der Waals surface area contributed by atoms with E-state index in [2.05, 4.69) is 15.0 Å². The van der Waals surface area contributed by atoms with Crippen LogP contribution in [-0.4, -0.2) is 51.6 Å². The highest BCUT2D eigenvalue weighted by Gasteiger charge is 2.19. The molecule has 3 rings (SSSR count). The van der Waals surface area contributed by atoms with Crippen LogP contribution in [-0.2, 0) is 4.74 Å². The van der Waals surface area contributed by atoms with Crippen LogP contribution in [0.1, 0.15) is 29.1 Å². The summed E-state index contributed by atoms with van der Waals surface area (Å²) in [5.41, 5.74) is 3.22. The molecule has 0 amide bonds. The number of aromatic amines is 1. The third-order valence-corrected chi connectivity index (χ3v) is 3.94. The van der Waals surface area contributed by atoms with Gasteiger partial charge in [-0.25, -0.2) is 14.8 Å². The van der Waals surface area contributed by atoms with Crippen LogP contribution in [0, 0.1) is 0 Å². The maximum Gasteiger partial charge on any atom is 0.340 e. The first-order valence-corrected chi connectivity index (χ1v) is 7.97. The van der Waals surface area contributed by atoms with Gasteiger partial charge >= 0.3 is 5.97 Å². The van der Waals surface area contributed by atoms with Gasteiger partial charge in [0.1, 0.15) is 18.2 Å². The molecule has 3 aromatic rings. The number of nitrogens with one attached hydrogen (secondary N) is 1. The lowest BCUT2D eigenvalue weighted by molar-refractivity contribution is 0.0395. The van der Waals surface area contributed by atoms with Crippen molar-refractivity contribution in [3.8, 4) is 11.3 Å². The maximum absolute atomic E-state index is 12.2. The number of rotatable bonds is 5. The summed E-state index contributed by atoms with van der Waals surface area (Å²) in [4.78, 5) is 25.4. The fraction of sp³-hybridized carbons (Fsp3) is 0.278. The molecule has 1 unspecified atom stereocenters. The summed E-state index contributed by atoms with van der Waals surface area (Å²) in [7, 11) is 3.61. The number of ether oxygens (including phenoxy) is 1. The fourth-order valence-electron chi connectivity index (χ4n) is 2.66. The summed E-state index contributed by atoms with van der Waals surface area (Å²) in [6.45, 7) is 2.06. The van der Waals surface area contributed by atoms with E-state index in [9.17, 15) is 9.90 Å². The first-order valence-electron chi connectivity index (χ1n) is 7.97. The van der Waals surface area contributed by atoms with Crippen LogP contribution in [0.4, 0.5) is 0 Å². The summed E-state index contributed by atoms with van der Waals surface area (Å²) in [6.07, 6.45) is 2.36. The summed E-state index contributed by atoms with van der Waals surface area (Å²) in [5, 5.41) is 10.7. The Hall–Kier alpha value is -2.77. The second-order valence-electron chi connectivity index (χ2n) is 5.83. The van der Waals surface area contributed by atoms with Crippen molar-refractivity contribution in [3.63, 3.8) is 0 Å². The van der Waals surface area contributed by atoms with E-state index in [0.29, 0.717) is 28.9 Å². The number of hydrogen-bond donors (Lipinski definition) is 2. The standard InChI is InChI=1S/C18H20N4O3/c1-4-25-18(24)13-9-19-16-14(13)15(20-10-21-16)11-5-7-12(8-6-11)17(23)22(2)3/h5-10,17,23H,4H2,1-3H3,(H,19,20,21). The molecule has 0 aliphatic heterocycles. The molecule has 2 aromatic heterocycles. The Morgan fingerprint density at radius 1 is 1.28 bits per heavy atom. The first kappa shape index (κ1) is 17.1. The van der Waals surface area contributed by atoms with Gasteiger partial charge in [0.25, 0.3) is 0 Å². The lowest BCUT2D eigenvalue weighted by Gasteiger charge is -2.18. The number of fused-ring (bicyclic) bond motifs is 1. The summed E-state index contributed by atoms with van der Waals surface area (Å²) < 4.78 is 5.11. The van der Waals surface area contributed by atoms with Crippen molar-refractivity contribution in [1.82, 2.24) is 19.9 Å². The predicted molar refractivity (Wildman–Crippen MR) is 93.9 cm³/mol. The number of hydrogen-bond acceptors (Lipinski definition) is 6. The highest BCUT2D eigenvalue weighted by molar-refractivity contribution is 6.08. The monoisotopic (exact) mass is 340 g/mol. The van der Waals surface area contributed by atoms with Crippen molar-refractivity contribution in [2.24, 2.45) is 0 Å². The molecule has 0 aliphatic carbocycles. The normalized spacial score (nSPS) is 12.5. The molecule has 0 saturated heterocycles. The van der Waals surface area contributed by atoms with Gasteiger partial charge < -0.3 is 14.8 Å². The largest absolute Gasteiger partial charge is 0.462 e. The minimum absolute atomic E-state index is 0.297. The van der Waals surface area contributed by atoms with E-state index in [1.54, 1.807) is 32.1 Å². The van der Waals surface area contributed by atoms with E-state index in [-0.39, 0.29) is 0 Å². The smallest absolute Gasteiger partial charge is 0.340 e. The van der Waals surface area contributed by atoms with Crippen molar-refractivity contribution in [2.75, 3.05) is 20.7 Å². The maximum atomic E-state index is 12.2. The van der Waals surface area contributed by atoms with Gasteiger partial charge in [0.05, 0.1) is 23.3 Å². The van der Waals surface area contributed by atoms with E-state index in [1.165, 1.54) is 6.33 Å². The molecule has 1 aromatic carbocycles. The van der Waals surface area contributed by atoms with E-state index in [4.69, 9.17) is 4.74 Å². The molecular formula is C18H20N4O3. The van der Waals surface area contributed by atoms with Crippen LogP contribution in [0.5, 0.6) is 0 Å². The SMILES string of the molecule is CCOC(=O)c1c[nH]c2ncnc(-c3ccc(C(O)N(C)C)cc3)c12. The number of carbonyl (C=O) groups is 1. The number of carbonyl (C=O) groups excluding carboxylic acids is 1. The van der Waals surface area contributed by atoms with Gasteiger partial charge in [-0.05, 0) is 26.6 Å². The molecule has 25 heavy (non-hydrogen) atoms. The van der Waals surface area contributed by atoms with Crippen LogP contribution < -0.4 is 0 Å². The molecule has 2 heterocycles. The molecule has 0 radical (unpaired) electrons. The van der Waals surface area contributed by atoms with E-state index in [0.717, 1.165) is 11.1 Å². The lowest BCUT2D eigenvalue weighted by Crippen LogP contribution is -2.18. The molecule has 0 saturated carbocycles. The zero-order valence-corrected chi connectivity index (χ0v) is 14.4. The Labute approximate surface area is 145 Å². The second-order valence-corrected chi connectivity index (χ2v) is 5.83. The average Bonchev–Trinajstić information content (AvgIpc) is 3.05. The Morgan fingerprint density at radius 2 is 2.00 bits per heavy atom. The number of aromatic nitrogens is 3. The Morgan fingerprint density at radius 3 is 2.64 bits per heavy atom. The molecule has 2 N–H and O–H groups in total. The Bertz CT molecular complexity index is 887. The zero-order chi connectivity index (χ0) is 18.0. The highest BCUT2D eigenvalue weighted by atomic mass is 16.5. The number of aliphatic hydroxyl groups is 1. The predicted octanol–water partition coefficient (Wildman–Crippen LogP) is 2.35. The number of benzene rings is 1. The molecule has 0 aliphatic rings. The van der Waals surface area contributed by atoms with Crippen LogP contribution in [0.3, 0.4) is 0 Å². The average molecular weight is 340 g/mol. The highest BCUT2D eigenvalue weighted by Crippen LogP contribution is 2.29. The van der Waals surface area contributed by atoms with Gasteiger partial charge in [-0.1, -0.05) is 24.3 Å². The Balaban J connectivity index is 2.06. The van der Waals surface area contributed by atoms with Gasteiger partial charge in [0.15, 0.2) is 0 Å².